The highest BCUT2D eigenvalue weighted by atomic mass is 32.2. The van der Waals surface area contributed by atoms with Crippen LogP contribution in [0.2, 0.25) is 0 Å². The number of carbonyl (C=O) groups is 1. The molecule has 0 spiro atoms. The molecule has 0 aliphatic rings. The highest BCUT2D eigenvalue weighted by molar-refractivity contribution is 7.92. The van der Waals surface area contributed by atoms with E-state index < -0.39 is 10.0 Å². The predicted molar refractivity (Wildman–Crippen MR) is 118 cm³/mol. The highest BCUT2D eigenvalue weighted by Gasteiger charge is 2.14. The Morgan fingerprint density at radius 1 is 1.07 bits per heavy atom. The second kappa shape index (κ2) is 8.72. The van der Waals surface area contributed by atoms with Gasteiger partial charge in [0.25, 0.3) is 5.91 Å². The summed E-state index contributed by atoms with van der Waals surface area (Å²) in [6.07, 6.45) is 1.06. The van der Waals surface area contributed by atoms with Crippen molar-refractivity contribution in [1.82, 2.24) is 4.98 Å². The Bertz CT molecular complexity index is 1190. The molecule has 0 unspecified atom stereocenters. The maximum absolute atomic E-state index is 12.6. The molecule has 158 valence electrons. The maximum Gasteiger partial charge on any atom is 0.257 e. The quantitative estimate of drug-likeness (QED) is 0.571. The number of thiazole rings is 1. The SMILES string of the molecule is COc1ccc(-c2csc(NC(=O)c3ccc(C)c(NS(C)(=O)=O)c3)n2)cc1OC. The first-order chi connectivity index (χ1) is 14.2. The summed E-state index contributed by atoms with van der Waals surface area (Å²) in [5.74, 6) is 0.807. The van der Waals surface area contributed by atoms with Gasteiger partial charge in [-0.15, -0.1) is 11.3 Å². The van der Waals surface area contributed by atoms with E-state index in [1.54, 1.807) is 39.3 Å². The van der Waals surface area contributed by atoms with E-state index in [0.717, 1.165) is 11.8 Å². The predicted octanol–water partition coefficient (Wildman–Crippen LogP) is 3.76. The molecule has 3 aromatic rings. The number of rotatable bonds is 7. The number of benzene rings is 2. The van der Waals surface area contributed by atoms with Crippen LogP contribution >= 0.6 is 11.3 Å². The summed E-state index contributed by atoms with van der Waals surface area (Å²) in [4.78, 5) is 17.1. The molecule has 0 radical (unpaired) electrons. The van der Waals surface area contributed by atoms with Crippen molar-refractivity contribution in [3.63, 3.8) is 0 Å². The van der Waals surface area contributed by atoms with Gasteiger partial charge >= 0.3 is 0 Å². The van der Waals surface area contributed by atoms with Crippen molar-refractivity contribution >= 4 is 38.1 Å². The Hall–Kier alpha value is -3.11. The first-order valence-corrected chi connectivity index (χ1v) is 11.5. The Labute approximate surface area is 178 Å². The minimum absolute atomic E-state index is 0.314. The average molecular weight is 448 g/mol. The lowest BCUT2D eigenvalue weighted by molar-refractivity contribution is 0.102. The third-order valence-electron chi connectivity index (χ3n) is 4.20. The molecule has 0 saturated heterocycles. The van der Waals surface area contributed by atoms with Crippen molar-refractivity contribution < 1.29 is 22.7 Å². The van der Waals surface area contributed by atoms with Gasteiger partial charge in [-0.05, 0) is 42.8 Å². The standard InChI is InChI=1S/C20H21N3O5S2/c1-12-5-6-14(9-15(12)23-30(4,25)26)19(24)22-20-21-16(11-29-20)13-7-8-17(27-2)18(10-13)28-3/h5-11,23H,1-4H3,(H,21,22,24). The number of amides is 1. The number of methoxy groups -OCH3 is 2. The number of sulfonamides is 1. The van der Waals surface area contributed by atoms with Crippen LogP contribution < -0.4 is 19.5 Å². The Morgan fingerprint density at radius 2 is 1.80 bits per heavy atom. The molecule has 2 N–H and O–H groups in total. The Balaban J connectivity index is 1.79. The number of aryl methyl sites for hydroxylation is 1. The van der Waals surface area contributed by atoms with Crippen LogP contribution in [0.25, 0.3) is 11.3 Å². The van der Waals surface area contributed by atoms with Gasteiger partial charge in [-0.3, -0.25) is 14.8 Å². The van der Waals surface area contributed by atoms with Crippen LogP contribution in [0.4, 0.5) is 10.8 Å². The van der Waals surface area contributed by atoms with Crippen LogP contribution in [-0.2, 0) is 10.0 Å². The van der Waals surface area contributed by atoms with Gasteiger partial charge in [-0.25, -0.2) is 13.4 Å². The lowest BCUT2D eigenvalue weighted by Crippen LogP contribution is -2.14. The molecule has 3 rings (SSSR count). The van der Waals surface area contributed by atoms with Crippen molar-refractivity contribution in [3.05, 3.63) is 52.9 Å². The molecular formula is C20H21N3O5S2. The molecule has 1 aromatic heterocycles. The molecule has 2 aromatic carbocycles. The van der Waals surface area contributed by atoms with Crippen molar-refractivity contribution in [3.8, 4) is 22.8 Å². The first-order valence-electron chi connectivity index (χ1n) is 8.78. The molecule has 0 fully saturated rings. The van der Waals surface area contributed by atoms with Crippen LogP contribution in [-0.4, -0.2) is 39.8 Å². The van der Waals surface area contributed by atoms with Crippen molar-refractivity contribution in [1.29, 1.82) is 0 Å². The van der Waals surface area contributed by atoms with Crippen LogP contribution in [0.15, 0.2) is 41.8 Å². The number of hydrogen-bond donors (Lipinski definition) is 2. The van der Waals surface area contributed by atoms with E-state index >= 15 is 0 Å². The zero-order valence-electron chi connectivity index (χ0n) is 16.8. The molecule has 1 heterocycles. The van der Waals surface area contributed by atoms with Gasteiger partial charge in [-0.1, -0.05) is 6.07 Å². The Morgan fingerprint density at radius 3 is 2.47 bits per heavy atom. The molecule has 0 aliphatic heterocycles. The smallest absolute Gasteiger partial charge is 0.257 e. The third-order valence-corrected chi connectivity index (χ3v) is 5.55. The Kier molecular flexibility index (Phi) is 6.28. The van der Waals surface area contributed by atoms with E-state index in [9.17, 15) is 13.2 Å². The van der Waals surface area contributed by atoms with Crippen molar-refractivity contribution in [2.45, 2.75) is 6.92 Å². The number of hydrogen-bond acceptors (Lipinski definition) is 7. The van der Waals surface area contributed by atoms with E-state index in [-0.39, 0.29) is 5.91 Å². The largest absolute Gasteiger partial charge is 0.493 e. The third kappa shape index (κ3) is 5.08. The normalized spacial score (nSPS) is 11.1. The minimum atomic E-state index is -3.45. The van der Waals surface area contributed by atoms with E-state index in [4.69, 9.17) is 9.47 Å². The number of nitrogens with one attached hydrogen (secondary N) is 2. The monoisotopic (exact) mass is 447 g/mol. The lowest BCUT2D eigenvalue weighted by atomic mass is 10.1. The summed E-state index contributed by atoms with van der Waals surface area (Å²) in [6, 6.07) is 10.2. The number of aromatic nitrogens is 1. The van der Waals surface area contributed by atoms with Gasteiger partial charge in [0.15, 0.2) is 16.6 Å². The van der Waals surface area contributed by atoms with Gasteiger partial charge < -0.3 is 9.47 Å². The summed E-state index contributed by atoms with van der Waals surface area (Å²) in [5.41, 5.74) is 2.88. The zero-order chi connectivity index (χ0) is 21.9. The zero-order valence-corrected chi connectivity index (χ0v) is 18.5. The molecule has 0 aliphatic carbocycles. The van der Waals surface area contributed by atoms with Crippen molar-refractivity contribution in [2.75, 3.05) is 30.5 Å². The number of anilines is 2. The van der Waals surface area contributed by atoms with Crippen molar-refractivity contribution in [2.24, 2.45) is 0 Å². The van der Waals surface area contributed by atoms with Gasteiger partial charge in [0, 0.05) is 16.5 Å². The second-order valence-electron chi connectivity index (χ2n) is 6.47. The van der Waals surface area contributed by atoms with E-state index in [1.807, 2.05) is 17.5 Å². The number of ether oxygens (including phenoxy) is 2. The summed E-state index contributed by atoms with van der Waals surface area (Å²) in [6.45, 7) is 1.76. The summed E-state index contributed by atoms with van der Waals surface area (Å²) >= 11 is 1.28. The van der Waals surface area contributed by atoms with Gasteiger partial charge in [0.2, 0.25) is 10.0 Å². The molecule has 0 bridgehead atoms. The van der Waals surface area contributed by atoms with Crippen LogP contribution in [0.3, 0.4) is 0 Å². The van der Waals surface area contributed by atoms with Gasteiger partial charge in [0.05, 0.1) is 31.9 Å². The molecule has 1 amide bonds. The van der Waals surface area contributed by atoms with Gasteiger partial charge in [0.1, 0.15) is 0 Å². The molecule has 0 saturated carbocycles. The van der Waals surface area contributed by atoms with Gasteiger partial charge in [-0.2, -0.15) is 0 Å². The molecule has 8 nitrogen and oxygen atoms in total. The molecule has 30 heavy (non-hydrogen) atoms. The van der Waals surface area contributed by atoms with E-state index in [0.29, 0.717) is 39.1 Å². The molecular weight excluding hydrogens is 426 g/mol. The molecule has 10 heteroatoms. The van der Waals surface area contributed by atoms with E-state index in [1.165, 1.54) is 17.4 Å². The first kappa shape index (κ1) is 21.6. The highest BCUT2D eigenvalue weighted by Crippen LogP contribution is 2.33. The van der Waals surface area contributed by atoms with Crippen LogP contribution in [0.1, 0.15) is 15.9 Å². The number of carbonyl (C=O) groups excluding carboxylic acids is 1. The number of nitrogens with zero attached hydrogens (tertiary/aromatic N) is 1. The average Bonchev–Trinajstić information content (AvgIpc) is 3.16. The van der Waals surface area contributed by atoms with Crippen LogP contribution in [0, 0.1) is 6.92 Å². The van der Waals surface area contributed by atoms with Crippen LogP contribution in [0.5, 0.6) is 11.5 Å². The summed E-state index contributed by atoms with van der Waals surface area (Å²) < 4.78 is 36.0. The fourth-order valence-electron chi connectivity index (χ4n) is 2.70. The maximum atomic E-state index is 12.6. The second-order valence-corrected chi connectivity index (χ2v) is 9.07. The fraction of sp³-hybridized carbons (Fsp3) is 0.200. The fourth-order valence-corrected chi connectivity index (χ4v) is 4.04. The lowest BCUT2D eigenvalue weighted by Gasteiger charge is -2.10. The summed E-state index contributed by atoms with van der Waals surface area (Å²) in [5, 5.41) is 4.99. The minimum Gasteiger partial charge on any atom is -0.493 e. The topological polar surface area (TPSA) is 107 Å². The molecule has 0 atom stereocenters. The summed E-state index contributed by atoms with van der Waals surface area (Å²) in [7, 11) is -0.327. The van der Waals surface area contributed by atoms with E-state index in [2.05, 4.69) is 15.0 Å².